The Morgan fingerprint density at radius 3 is 2.46 bits per heavy atom. The molecule has 2 amide bonds. The summed E-state index contributed by atoms with van der Waals surface area (Å²) in [5, 5.41) is 4.10. The molecule has 1 fully saturated rings. The van der Waals surface area contributed by atoms with Crippen molar-refractivity contribution >= 4 is 50.7 Å². The number of nitrogens with zero attached hydrogens (tertiary/aromatic N) is 1. The van der Waals surface area contributed by atoms with Gasteiger partial charge >= 0.3 is 0 Å². The zero-order chi connectivity index (χ0) is 19.5. The third-order valence-electron chi connectivity index (χ3n) is 4.98. The normalized spacial score (nSPS) is 14.2. The molecule has 1 aliphatic rings. The Morgan fingerprint density at radius 2 is 1.75 bits per heavy atom. The van der Waals surface area contributed by atoms with Crippen LogP contribution >= 0.6 is 23.1 Å². The van der Waals surface area contributed by atoms with Crippen molar-refractivity contribution in [3.05, 3.63) is 64.5 Å². The van der Waals surface area contributed by atoms with E-state index in [0.29, 0.717) is 6.42 Å². The van der Waals surface area contributed by atoms with Crippen LogP contribution in [0.4, 0.5) is 5.69 Å². The lowest BCUT2D eigenvalue weighted by Gasteiger charge is -2.26. The average molecular weight is 411 g/mol. The van der Waals surface area contributed by atoms with E-state index in [9.17, 15) is 9.59 Å². The summed E-state index contributed by atoms with van der Waals surface area (Å²) in [6.07, 6.45) is 0.411. The SMILES string of the molecule is Cc1c(C(=O)Nc2ccc(CC(=O)N3CCSCC3)cc2)sc2ccccc12. The van der Waals surface area contributed by atoms with Gasteiger partial charge in [-0.1, -0.05) is 30.3 Å². The summed E-state index contributed by atoms with van der Waals surface area (Å²) < 4.78 is 1.12. The topological polar surface area (TPSA) is 49.4 Å². The van der Waals surface area contributed by atoms with E-state index in [-0.39, 0.29) is 11.8 Å². The highest BCUT2D eigenvalue weighted by atomic mass is 32.2. The van der Waals surface area contributed by atoms with Gasteiger partial charge in [0.1, 0.15) is 0 Å². The van der Waals surface area contributed by atoms with Crippen LogP contribution in [-0.4, -0.2) is 41.3 Å². The van der Waals surface area contributed by atoms with Gasteiger partial charge in [-0.15, -0.1) is 11.3 Å². The summed E-state index contributed by atoms with van der Waals surface area (Å²) in [4.78, 5) is 27.8. The number of aryl methyl sites for hydroxylation is 1. The molecule has 28 heavy (non-hydrogen) atoms. The number of thioether (sulfide) groups is 1. The maximum Gasteiger partial charge on any atom is 0.266 e. The van der Waals surface area contributed by atoms with Crippen LogP contribution in [0.15, 0.2) is 48.5 Å². The molecule has 4 nitrogen and oxygen atoms in total. The van der Waals surface area contributed by atoms with E-state index in [2.05, 4.69) is 5.32 Å². The molecule has 0 radical (unpaired) electrons. The molecule has 4 rings (SSSR count). The molecule has 0 unspecified atom stereocenters. The molecule has 2 aromatic carbocycles. The van der Waals surface area contributed by atoms with Crippen LogP contribution in [0.25, 0.3) is 10.1 Å². The predicted octanol–water partition coefficient (Wildman–Crippen LogP) is 4.58. The number of carbonyl (C=O) groups is 2. The fraction of sp³-hybridized carbons (Fsp3) is 0.273. The molecule has 1 aromatic heterocycles. The van der Waals surface area contributed by atoms with Gasteiger partial charge in [-0.2, -0.15) is 11.8 Å². The number of hydrogen-bond donors (Lipinski definition) is 1. The smallest absolute Gasteiger partial charge is 0.266 e. The van der Waals surface area contributed by atoms with Crippen LogP contribution in [-0.2, 0) is 11.2 Å². The Balaban J connectivity index is 1.41. The largest absolute Gasteiger partial charge is 0.341 e. The minimum absolute atomic E-state index is 0.0895. The molecular formula is C22H22N2O2S2. The van der Waals surface area contributed by atoms with Gasteiger partial charge in [-0.3, -0.25) is 9.59 Å². The first-order chi connectivity index (χ1) is 13.6. The predicted molar refractivity (Wildman–Crippen MR) is 119 cm³/mol. The van der Waals surface area contributed by atoms with Crippen molar-refractivity contribution in [3.63, 3.8) is 0 Å². The van der Waals surface area contributed by atoms with Crippen molar-refractivity contribution in [1.29, 1.82) is 0 Å². The molecule has 0 spiro atoms. The summed E-state index contributed by atoms with van der Waals surface area (Å²) in [5.74, 6) is 2.13. The van der Waals surface area contributed by atoms with Crippen LogP contribution < -0.4 is 5.32 Å². The van der Waals surface area contributed by atoms with Crippen molar-refractivity contribution < 1.29 is 9.59 Å². The summed E-state index contributed by atoms with van der Waals surface area (Å²) in [6.45, 7) is 3.67. The van der Waals surface area contributed by atoms with Crippen LogP contribution in [0.5, 0.6) is 0 Å². The van der Waals surface area contributed by atoms with Crippen LogP contribution in [0.2, 0.25) is 0 Å². The molecule has 144 valence electrons. The van der Waals surface area contributed by atoms with E-state index in [1.165, 1.54) is 11.3 Å². The third kappa shape index (κ3) is 4.08. The molecular weight excluding hydrogens is 388 g/mol. The Hall–Kier alpha value is -2.31. The maximum absolute atomic E-state index is 12.7. The molecule has 0 aliphatic carbocycles. The van der Waals surface area contributed by atoms with Gasteiger partial charge in [0.15, 0.2) is 0 Å². The lowest BCUT2D eigenvalue weighted by molar-refractivity contribution is -0.130. The highest BCUT2D eigenvalue weighted by molar-refractivity contribution is 7.99. The monoisotopic (exact) mass is 410 g/mol. The summed E-state index contributed by atoms with van der Waals surface area (Å²) >= 11 is 3.41. The molecule has 1 N–H and O–H groups in total. The minimum atomic E-state index is -0.0895. The second-order valence-corrected chi connectivity index (χ2v) is 9.15. The van der Waals surface area contributed by atoms with Crippen LogP contribution in [0, 0.1) is 6.92 Å². The zero-order valence-electron chi connectivity index (χ0n) is 15.7. The summed E-state index contributed by atoms with van der Waals surface area (Å²) in [6, 6.07) is 15.6. The lowest BCUT2D eigenvalue weighted by Crippen LogP contribution is -2.38. The van der Waals surface area contributed by atoms with E-state index in [0.717, 1.165) is 56.4 Å². The van der Waals surface area contributed by atoms with E-state index < -0.39 is 0 Å². The number of carbonyl (C=O) groups excluding carboxylic acids is 2. The number of rotatable bonds is 4. The first kappa shape index (κ1) is 19.0. The second-order valence-electron chi connectivity index (χ2n) is 6.87. The van der Waals surface area contributed by atoms with Crippen molar-refractivity contribution in [2.75, 3.05) is 29.9 Å². The molecule has 3 aromatic rings. The fourth-order valence-corrected chi connectivity index (χ4v) is 5.39. The number of fused-ring (bicyclic) bond motifs is 1. The number of nitrogens with one attached hydrogen (secondary N) is 1. The van der Waals surface area contributed by atoms with E-state index in [4.69, 9.17) is 0 Å². The number of hydrogen-bond acceptors (Lipinski definition) is 4. The molecule has 0 saturated carbocycles. The van der Waals surface area contributed by atoms with Crippen molar-refractivity contribution in [1.82, 2.24) is 4.90 Å². The quantitative estimate of drug-likeness (QED) is 0.685. The average Bonchev–Trinajstić information content (AvgIpc) is 3.07. The van der Waals surface area contributed by atoms with Crippen molar-refractivity contribution in [2.24, 2.45) is 0 Å². The first-order valence-electron chi connectivity index (χ1n) is 9.36. The number of benzene rings is 2. The Bertz CT molecular complexity index is 1010. The zero-order valence-corrected chi connectivity index (χ0v) is 17.4. The molecule has 0 bridgehead atoms. The van der Waals surface area contributed by atoms with Gasteiger partial charge < -0.3 is 10.2 Å². The highest BCUT2D eigenvalue weighted by Crippen LogP contribution is 2.31. The van der Waals surface area contributed by atoms with Gasteiger partial charge in [-0.25, -0.2) is 0 Å². The Labute approximate surface area is 172 Å². The Kier molecular flexibility index (Phi) is 5.69. The van der Waals surface area contributed by atoms with Gasteiger partial charge in [0.2, 0.25) is 5.91 Å². The molecule has 6 heteroatoms. The summed E-state index contributed by atoms with van der Waals surface area (Å²) in [5.41, 5.74) is 2.73. The molecule has 1 saturated heterocycles. The third-order valence-corrected chi connectivity index (χ3v) is 7.19. The summed E-state index contributed by atoms with van der Waals surface area (Å²) in [7, 11) is 0. The van der Waals surface area contributed by atoms with Gasteiger partial charge in [0.05, 0.1) is 11.3 Å². The molecule has 1 aliphatic heterocycles. The van der Waals surface area contributed by atoms with Gasteiger partial charge in [-0.05, 0) is 41.6 Å². The molecule has 0 atom stereocenters. The number of amides is 2. The number of thiophene rings is 1. The lowest BCUT2D eigenvalue weighted by atomic mass is 10.1. The highest BCUT2D eigenvalue weighted by Gasteiger charge is 2.18. The first-order valence-corrected chi connectivity index (χ1v) is 11.3. The van der Waals surface area contributed by atoms with Crippen molar-refractivity contribution in [2.45, 2.75) is 13.3 Å². The van der Waals surface area contributed by atoms with Crippen LogP contribution in [0.3, 0.4) is 0 Å². The van der Waals surface area contributed by atoms with E-state index in [1.54, 1.807) is 0 Å². The second kappa shape index (κ2) is 8.37. The van der Waals surface area contributed by atoms with E-state index in [1.807, 2.05) is 72.1 Å². The van der Waals surface area contributed by atoms with Crippen molar-refractivity contribution in [3.8, 4) is 0 Å². The molecule has 2 heterocycles. The van der Waals surface area contributed by atoms with Gasteiger partial charge in [0.25, 0.3) is 5.91 Å². The van der Waals surface area contributed by atoms with Crippen LogP contribution in [0.1, 0.15) is 20.8 Å². The number of anilines is 1. The van der Waals surface area contributed by atoms with E-state index >= 15 is 0 Å². The Morgan fingerprint density at radius 1 is 1.04 bits per heavy atom. The fourth-order valence-electron chi connectivity index (χ4n) is 3.38. The van der Waals surface area contributed by atoms with Gasteiger partial charge in [0, 0.05) is 35.0 Å². The minimum Gasteiger partial charge on any atom is -0.341 e. The standard InChI is InChI=1S/C22H22N2O2S2/c1-15-18-4-2-3-5-19(18)28-21(15)22(26)23-17-8-6-16(7-9-17)14-20(25)24-10-12-27-13-11-24/h2-9H,10-14H2,1H3,(H,23,26). The maximum atomic E-state index is 12.7.